The number of benzene rings is 1. The van der Waals surface area contributed by atoms with Gasteiger partial charge in [-0.3, -0.25) is 4.79 Å². The van der Waals surface area contributed by atoms with E-state index in [0.29, 0.717) is 24.8 Å². The molecular weight excluding hydrogens is 337 g/mol. The molecule has 1 heterocycles. The van der Waals surface area contributed by atoms with Crippen LogP contribution in [0.5, 0.6) is 5.75 Å². The highest BCUT2D eigenvalue weighted by molar-refractivity contribution is 5.93. The van der Waals surface area contributed by atoms with Gasteiger partial charge in [0.1, 0.15) is 5.75 Å². The van der Waals surface area contributed by atoms with E-state index >= 15 is 0 Å². The number of aryl methyl sites for hydroxylation is 1. The molecule has 8 heteroatoms. The molecule has 3 rings (SSSR count). The zero-order valence-corrected chi connectivity index (χ0v) is 13.5. The molecule has 1 saturated carbocycles. The van der Waals surface area contributed by atoms with Crippen LogP contribution in [0, 0.1) is 5.92 Å². The molecule has 0 spiro atoms. The first-order valence-electron chi connectivity index (χ1n) is 8.21. The number of para-hydroxylation sites is 1. The van der Waals surface area contributed by atoms with Crippen LogP contribution < -0.4 is 0 Å². The van der Waals surface area contributed by atoms with Crippen molar-refractivity contribution in [2.24, 2.45) is 11.0 Å². The maximum Gasteiger partial charge on any atom is 0.439 e. The van der Waals surface area contributed by atoms with Crippen molar-refractivity contribution < 1.29 is 28.2 Å². The van der Waals surface area contributed by atoms with Gasteiger partial charge in [0.05, 0.1) is 5.92 Å². The van der Waals surface area contributed by atoms with Gasteiger partial charge in [-0.15, -0.1) is 0 Å². The summed E-state index contributed by atoms with van der Waals surface area (Å²) in [7, 11) is 0. The zero-order chi connectivity index (χ0) is 18.2. The summed E-state index contributed by atoms with van der Waals surface area (Å²) < 4.78 is 40.8. The lowest BCUT2D eigenvalue weighted by molar-refractivity contribution is -0.317. The van der Waals surface area contributed by atoms with Crippen molar-refractivity contribution in [1.29, 1.82) is 0 Å². The number of carbonyl (C=O) groups is 1. The van der Waals surface area contributed by atoms with E-state index in [2.05, 4.69) is 5.10 Å². The summed E-state index contributed by atoms with van der Waals surface area (Å²) in [6, 6.07) is 6.31. The summed E-state index contributed by atoms with van der Waals surface area (Å²) in [5, 5.41) is 24.2. The first kappa shape index (κ1) is 17.7. The second kappa shape index (κ2) is 6.33. The fourth-order valence-corrected chi connectivity index (χ4v) is 3.53. The second-order valence-corrected chi connectivity index (χ2v) is 6.45. The fraction of sp³-hybridized carbons (Fsp3) is 0.529. The maximum atomic E-state index is 13.6. The third kappa shape index (κ3) is 2.99. The lowest BCUT2D eigenvalue weighted by atomic mass is 9.80. The van der Waals surface area contributed by atoms with Gasteiger partial charge in [0, 0.05) is 12.1 Å². The van der Waals surface area contributed by atoms with Crippen molar-refractivity contribution in [1.82, 2.24) is 5.01 Å². The number of hydrogen-bond donors (Lipinski definition) is 2. The van der Waals surface area contributed by atoms with Crippen molar-refractivity contribution in [3.63, 3.8) is 0 Å². The van der Waals surface area contributed by atoms with Gasteiger partial charge in [-0.25, -0.2) is 0 Å². The predicted octanol–water partition coefficient (Wildman–Crippen LogP) is 2.96. The third-order valence-electron chi connectivity index (χ3n) is 4.87. The second-order valence-electron chi connectivity index (χ2n) is 6.45. The minimum Gasteiger partial charge on any atom is -0.508 e. The Morgan fingerprint density at radius 3 is 2.72 bits per heavy atom. The largest absolute Gasteiger partial charge is 0.508 e. The standard InChI is InChI=1S/C17H19F3N2O3/c18-17(19,20)16(25)12-6-2-3-7-13(12)21-22(16)15(24)10-9-11-5-1-4-8-14(11)23/h1,4-5,8,12,23,25H,2-3,6-7,9-10H2/t12-,16-/m0/s1. The van der Waals surface area contributed by atoms with Gasteiger partial charge in [-0.2, -0.15) is 23.3 Å². The van der Waals surface area contributed by atoms with Gasteiger partial charge >= 0.3 is 6.18 Å². The number of hydrazone groups is 1. The first-order valence-corrected chi connectivity index (χ1v) is 8.21. The average Bonchev–Trinajstić information content (AvgIpc) is 2.88. The number of phenols is 1. The van der Waals surface area contributed by atoms with Crippen molar-refractivity contribution in [2.75, 3.05) is 0 Å². The van der Waals surface area contributed by atoms with Crippen LogP contribution in [0.15, 0.2) is 29.4 Å². The molecule has 2 atom stereocenters. The smallest absolute Gasteiger partial charge is 0.439 e. The number of phenolic OH excluding ortho intramolecular Hbond substituents is 1. The molecule has 1 aliphatic heterocycles. The van der Waals surface area contributed by atoms with Gasteiger partial charge in [-0.05, 0) is 37.3 Å². The molecule has 1 aliphatic carbocycles. The Labute approximate surface area is 142 Å². The van der Waals surface area contributed by atoms with Crippen LogP contribution in [-0.4, -0.2) is 38.7 Å². The lowest BCUT2D eigenvalue weighted by Gasteiger charge is -2.38. The minimum atomic E-state index is -5.00. The summed E-state index contributed by atoms with van der Waals surface area (Å²) >= 11 is 0. The maximum absolute atomic E-state index is 13.6. The molecule has 2 aliphatic rings. The topological polar surface area (TPSA) is 73.1 Å². The Kier molecular flexibility index (Phi) is 4.49. The molecule has 1 fully saturated rings. The SMILES string of the molecule is O=C(CCc1ccccc1O)N1N=C2CCCC[C@@H]2[C@]1(O)C(F)(F)F. The molecule has 1 aromatic rings. The van der Waals surface area contributed by atoms with Crippen molar-refractivity contribution >= 4 is 11.6 Å². The number of rotatable bonds is 3. The van der Waals surface area contributed by atoms with Crippen LogP contribution in [0.25, 0.3) is 0 Å². The van der Waals surface area contributed by atoms with Gasteiger partial charge in [0.25, 0.3) is 5.72 Å². The average molecular weight is 356 g/mol. The molecule has 1 amide bonds. The van der Waals surface area contributed by atoms with Gasteiger partial charge in [0.2, 0.25) is 5.91 Å². The molecular formula is C17H19F3N2O3. The molecule has 0 saturated heterocycles. The first-order chi connectivity index (χ1) is 11.7. The Morgan fingerprint density at radius 2 is 2.04 bits per heavy atom. The number of fused-ring (bicyclic) bond motifs is 1. The van der Waals surface area contributed by atoms with Crippen LogP contribution in [0.4, 0.5) is 13.2 Å². The molecule has 136 valence electrons. The number of hydrogen-bond acceptors (Lipinski definition) is 4. The van der Waals surface area contributed by atoms with Gasteiger partial charge in [-0.1, -0.05) is 24.6 Å². The van der Waals surface area contributed by atoms with Crippen LogP contribution in [0.3, 0.4) is 0 Å². The summed E-state index contributed by atoms with van der Waals surface area (Å²) in [6.07, 6.45) is -3.47. The van der Waals surface area contributed by atoms with E-state index in [0.717, 1.165) is 0 Å². The number of alkyl halides is 3. The van der Waals surface area contributed by atoms with Crippen LogP contribution >= 0.6 is 0 Å². The van der Waals surface area contributed by atoms with Crippen molar-refractivity contribution in [3.05, 3.63) is 29.8 Å². The van der Waals surface area contributed by atoms with E-state index in [4.69, 9.17) is 0 Å². The van der Waals surface area contributed by atoms with Crippen LogP contribution in [0.2, 0.25) is 0 Å². The summed E-state index contributed by atoms with van der Waals surface area (Å²) in [5.74, 6) is -2.14. The monoisotopic (exact) mass is 356 g/mol. The highest BCUT2D eigenvalue weighted by Gasteiger charge is 2.68. The highest BCUT2D eigenvalue weighted by atomic mass is 19.4. The van der Waals surface area contributed by atoms with E-state index in [9.17, 15) is 28.2 Å². The molecule has 0 unspecified atom stereocenters. The lowest BCUT2D eigenvalue weighted by Crippen LogP contribution is -2.61. The Hall–Kier alpha value is -2.09. The van der Waals surface area contributed by atoms with Gasteiger partial charge in [0.15, 0.2) is 0 Å². The molecule has 0 bridgehead atoms. The van der Waals surface area contributed by atoms with E-state index in [1.54, 1.807) is 18.2 Å². The molecule has 2 N–H and O–H groups in total. The van der Waals surface area contributed by atoms with Crippen LogP contribution in [-0.2, 0) is 11.2 Å². The minimum absolute atomic E-state index is 0.0252. The highest BCUT2D eigenvalue weighted by Crippen LogP contribution is 2.48. The molecule has 1 aromatic carbocycles. The number of aromatic hydroxyl groups is 1. The Balaban J connectivity index is 1.82. The number of halogens is 3. The van der Waals surface area contributed by atoms with E-state index in [1.807, 2.05) is 0 Å². The predicted molar refractivity (Wildman–Crippen MR) is 83.7 cm³/mol. The fourth-order valence-electron chi connectivity index (χ4n) is 3.53. The third-order valence-corrected chi connectivity index (χ3v) is 4.87. The van der Waals surface area contributed by atoms with E-state index < -0.39 is 23.7 Å². The van der Waals surface area contributed by atoms with Gasteiger partial charge < -0.3 is 10.2 Å². The van der Waals surface area contributed by atoms with E-state index in [1.165, 1.54) is 6.07 Å². The number of aliphatic hydroxyl groups is 1. The van der Waals surface area contributed by atoms with Crippen LogP contribution in [0.1, 0.15) is 37.7 Å². The summed E-state index contributed by atoms with van der Waals surface area (Å²) in [5.41, 5.74) is -2.59. The number of carbonyl (C=O) groups excluding carboxylic acids is 1. The Morgan fingerprint density at radius 1 is 1.32 bits per heavy atom. The molecule has 0 aromatic heterocycles. The normalized spacial score (nSPS) is 26.3. The summed E-state index contributed by atoms with van der Waals surface area (Å²) in [4.78, 5) is 12.4. The molecule has 0 radical (unpaired) electrons. The Bertz CT molecular complexity index is 705. The number of amides is 1. The summed E-state index contributed by atoms with van der Waals surface area (Å²) in [6.45, 7) is 0. The molecule has 25 heavy (non-hydrogen) atoms. The zero-order valence-electron chi connectivity index (χ0n) is 13.5. The van der Waals surface area contributed by atoms with Crippen molar-refractivity contribution in [3.8, 4) is 5.75 Å². The molecule has 5 nitrogen and oxygen atoms in total. The number of nitrogens with zero attached hydrogens (tertiary/aromatic N) is 2. The quantitative estimate of drug-likeness (QED) is 0.875. The van der Waals surface area contributed by atoms with Crippen molar-refractivity contribution in [2.45, 2.75) is 50.4 Å². The van der Waals surface area contributed by atoms with E-state index in [-0.39, 0.29) is 35.7 Å².